The second kappa shape index (κ2) is 10.3. The largest absolute Gasteiger partial charge is 0.493 e. The van der Waals surface area contributed by atoms with Crippen molar-refractivity contribution >= 4 is 11.6 Å². The molecule has 0 amide bonds. The van der Waals surface area contributed by atoms with Crippen molar-refractivity contribution in [1.82, 2.24) is 5.32 Å². The van der Waals surface area contributed by atoms with E-state index in [0.29, 0.717) is 35.2 Å². The van der Waals surface area contributed by atoms with Crippen molar-refractivity contribution in [2.24, 2.45) is 0 Å². The molecule has 1 atom stereocenters. The Balaban J connectivity index is 1.62. The molecule has 4 nitrogen and oxygen atoms in total. The third kappa shape index (κ3) is 5.70. The van der Waals surface area contributed by atoms with Crippen LogP contribution in [0.5, 0.6) is 11.5 Å². The van der Waals surface area contributed by atoms with Crippen LogP contribution in [-0.4, -0.2) is 18.8 Å². The Labute approximate surface area is 174 Å². The molecule has 1 unspecified atom stereocenters. The zero-order chi connectivity index (χ0) is 20.6. The van der Waals surface area contributed by atoms with E-state index in [0.717, 1.165) is 11.1 Å². The minimum atomic E-state index is -0.600. The molecular formula is C23H23ClFNO3. The summed E-state index contributed by atoms with van der Waals surface area (Å²) in [6.07, 6.45) is -0.600. The van der Waals surface area contributed by atoms with Crippen LogP contribution in [0.15, 0.2) is 66.7 Å². The third-order valence-corrected chi connectivity index (χ3v) is 4.75. The van der Waals surface area contributed by atoms with Gasteiger partial charge in [0.15, 0.2) is 11.5 Å². The smallest absolute Gasteiger partial charge is 0.180 e. The van der Waals surface area contributed by atoms with E-state index in [1.54, 1.807) is 24.3 Å². The number of ether oxygens (including phenoxy) is 2. The lowest BCUT2D eigenvalue weighted by Crippen LogP contribution is -2.21. The molecule has 0 bridgehead atoms. The van der Waals surface area contributed by atoms with Crippen LogP contribution in [0.2, 0.25) is 5.02 Å². The van der Waals surface area contributed by atoms with Crippen LogP contribution in [0.25, 0.3) is 0 Å². The number of halogens is 2. The van der Waals surface area contributed by atoms with Gasteiger partial charge in [0, 0.05) is 18.7 Å². The number of nitrogens with one attached hydrogen (secondary N) is 1. The van der Waals surface area contributed by atoms with E-state index < -0.39 is 6.10 Å². The van der Waals surface area contributed by atoms with Crippen LogP contribution in [0.3, 0.4) is 0 Å². The van der Waals surface area contributed by atoms with Gasteiger partial charge in [-0.25, -0.2) is 4.39 Å². The molecule has 3 aromatic rings. The van der Waals surface area contributed by atoms with Gasteiger partial charge < -0.3 is 19.9 Å². The summed E-state index contributed by atoms with van der Waals surface area (Å²) >= 11 is 6.38. The molecule has 0 saturated carbocycles. The molecule has 0 fully saturated rings. The molecule has 3 rings (SSSR count). The van der Waals surface area contributed by atoms with Crippen molar-refractivity contribution in [2.75, 3.05) is 13.7 Å². The maximum absolute atomic E-state index is 13.8. The molecule has 0 aliphatic carbocycles. The molecule has 2 N–H and O–H groups in total. The lowest BCUT2D eigenvalue weighted by molar-refractivity contribution is 0.174. The highest BCUT2D eigenvalue weighted by Crippen LogP contribution is 2.37. The summed E-state index contributed by atoms with van der Waals surface area (Å²) in [6.45, 7) is 0.937. The highest BCUT2D eigenvalue weighted by molar-refractivity contribution is 6.32. The maximum Gasteiger partial charge on any atom is 0.180 e. The van der Waals surface area contributed by atoms with Crippen molar-refractivity contribution in [3.63, 3.8) is 0 Å². The first-order valence-corrected chi connectivity index (χ1v) is 9.62. The average Bonchev–Trinajstić information content (AvgIpc) is 2.74. The minimum Gasteiger partial charge on any atom is -0.493 e. The van der Waals surface area contributed by atoms with E-state index in [2.05, 4.69) is 5.32 Å². The molecular weight excluding hydrogens is 393 g/mol. The van der Waals surface area contributed by atoms with E-state index in [-0.39, 0.29) is 12.4 Å². The molecule has 29 heavy (non-hydrogen) atoms. The van der Waals surface area contributed by atoms with Crippen LogP contribution < -0.4 is 14.8 Å². The number of aliphatic hydroxyl groups is 1. The fourth-order valence-electron chi connectivity index (χ4n) is 2.93. The number of benzene rings is 3. The van der Waals surface area contributed by atoms with Gasteiger partial charge in [0.25, 0.3) is 0 Å². The van der Waals surface area contributed by atoms with Crippen LogP contribution in [0.1, 0.15) is 22.8 Å². The van der Waals surface area contributed by atoms with Gasteiger partial charge in [-0.05, 0) is 29.3 Å². The van der Waals surface area contributed by atoms with Crippen LogP contribution in [-0.2, 0) is 13.2 Å². The summed E-state index contributed by atoms with van der Waals surface area (Å²) in [4.78, 5) is 0. The minimum absolute atomic E-state index is 0.0453. The van der Waals surface area contributed by atoms with Gasteiger partial charge >= 0.3 is 0 Å². The zero-order valence-corrected chi connectivity index (χ0v) is 16.8. The predicted molar refractivity (Wildman–Crippen MR) is 112 cm³/mol. The molecule has 152 valence electrons. The molecule has 0 aliphatic heterocycles. The third-order valence-electron chi connectivity index (χ3n) is 4.47. The van der Waals surface area contributed by atoms with Crippen molar-refractivity contribution < 1.29 is 19.0 Å². The number of rotatable bonds is 9. The molecule has 0 spiro atoms. The van der Waals surface area contributed by atoms with E-state index in [9.17, 15) is 9.50 Å². The van der Waals surface area contributed by atoms with Crippen molar-refractivity contribution in [3.05, 3.63) is 94.3 Å². The van der Waals surface area contributed by atoms with Gasteiger partial charge in [-0.1, -0.05) is 60.1 Å². The quantitative estimate of drug-likeness (QED) is 0.522. The van der Waals surface area contributed by atoms with Gasteiger partial charge in [-0.3, -0.25) is 0 Å². The molecule has 3 aromatic carbocycles. The Bertz CT molecular complexity index is 937. The molecule has 0 radical (unpaired) electrons. The lowest BCUT2D eigenvalue weighted by atomic mass is 10.1. The second-order valence-corrected chi connectivity index (χ2v) is 6.95. The Morgan fingerprint density at radius 3 is 2.52 bits per heavy atom. The van der Waals surface area contributed by atoms with E-state index >= 15 is 0 Å². The number of hydrogen-bond donors (Lipinski definition) is 2. The summed E-state index contributed by atoms with van der Waals surface area (Å²) in [5.41, 5.74) is 2.17. The topological polar surface area (TPSA) is 50.7 Å². The standard InChI is InChI=1S/C23H23ClFNO3/c1-28-22-12-16(13-26-14-21(27)17-7-3-2-4-8-17)11-19(24)23(22)29-15-18-9-5-6-10-20(18)25/h2-12,21,26-27H,13-15H2,1H3. The number of hydrogen-bond acceptors (Lipinski definition) is 4. The highest BCUT2D eigenvalue weighted by Gasteiger charge is 2.14. The van der Waals surface area contributed by atoms with E-state index in [1.165, 1.54) is 13.2 Å². The molecule has 6 heteroatoms. The maximum atomic E-state index is 13.8. The first-order chi connectivity index (χ1) is 14.1. The van der Waals surface area contributed by atoms with Gasteiger partial charge in [-0.15, -0.1) is 0 Å². The fourth-order valence-corrected chi connectivity index (χ4v) is 3.21. The van der Waals surface area contributed by atoms with E-state index in [1.807, 2.05) is 36.4 Å². The summed E-state index contributed by atoms with van der Waals surface area (Å²) in [6, 6.07) is 19.5. The Morgan fingerprint density at radius 1 is 1.07 bits per heavy atom. The van der Waals surface area contributed by atoms with Crippen molar-refractivity contribution in [2.45, 2.75) is 19.3 Å². The summed E-state index contributed by atoms with van der Waals surface area (Å²) < 4.78 is 24.9. The fraction of sp³-hybridized carbons (Fsp3) is 0.217. The Morgan fingerprint density at radius 2 is 1.79 bits per heavy atom. The molecule has 0 heterocycles. The van der Waals surface area contributed by atoms with Crippen LogP contribution in [0.4, 0.5) is 4.39 Å². The molecule has 0 aliphatic rings. The highest BCUT2D eigenvalue weighted by atomic mass is 35.5. The average molecular weight is 416 g/mol. The normalized spacial score (nSPS) is 11.9. The monoisotopic (exact) mass is 415 g/mol. The predicted octanol–water partition coefficient (Wildman–Crippen LogP) is 4.89. The zero-order valence-electron chi connectivity index (χ0n) is 16.1. The van der Waals surface area contributed by atoms with Crippen molar-refractivity contribution in [1.29, 1.82) is 0 Å². The van der Waals surface area contributed by atoms with Gasteiger partial charge in [0.2, 0.25) is 0 Å². The molecule has 0 aromatic heterocycles. The van der Waals surface area contributed by atoms with Crippen LogP contribution >= 0.6 is 11.6 Å². The molecule has 0 saturated heterocycles. The summed E-state index contributed by atoms with van der Waals surface area (Å²) in [5, 5.41) is 13.8. The summed E-state index contributed by atoms with van der Waals surface area (Å²) in [7, 11) is 1.53. The first kappa shape index (κ1) is 21.1. The number of methoxy groups -OCH3 is 1. The second-order valence-electron chi connectivity index (χ2n) is 6.55. The van der Waals surface area contributed by atoms with Gasteiger partial charge in [0.1, 0.15) is 12.4 Å². The van der Waals surface area contributed by atoms with Gasteiger partial charge in [-0.2, -0.15) is 0 Å². The van der Waals surface area contributed by atoms with Crippen LogP contribution in [0, 0.1) is 5.82 Å². The Kier molecular flexibility index (Phi) is 7.47. The Hall–Kier alpha value is -2.60. The SMILES string of the molecule is COc1cc(CNCC(O)c2ccccc2)cc(Cl)c1OCc1ccccc1F. The van der Waals surface area contributed by atoms with Crippen molar-refractivity contribution in [3.8, 4) is 11.5 Å². The summed E-state index contributed by atoms with van der Waals surface area (Å²) in [5.74, 6) is 0.500. The van der Waals surface area contributed by atoms with Gasteiger partial charge in [0.05, 0.1) is 18.2 Å². The lowest BCUT2D eigenvalue weighted by Gasteiger charge is -2.16. The first-order valence-electron chi connectivity index (χ1n) is 9.25. The van der Waals surface area contributed by atoms with E-state index in [4.69, 9.17) is 21.1 Å². The number of aliphatic hydroxyl groups excluding tert-OH is 1.